The van der Waals surface area contributed by atoms with Crippen molar-refractivity contribution in [1.82, 2.24) is 5.32 Å². The highest BCUT2D eigenvalue weighted by Crippen LogP contribution is 2.25. The molecule has 0 aliphatic carbocycles. The Morgan fingerprint density at radius 3 is 2.56 bits per heavy atom. The summed E-state index contributed by atoms with van der Waals surface area (Å²) in [6.07, 6.45) is 0.571. The van der Waals surface area contributed by atoms with Gasteiger partial charge in [-0.25, -0.2) is 4.79 Å². The Morgan fingerprint density at radius 1 is 1.32 bits per heavy atom. The molecule has 9 nitrogen and oxygen atoms in total. The number of ether oxygens (including phenoxy) is 1. The number of nitroso groups, excluding NO2 is 1. The molecule has 25 heavy (non-hydrogen) atoms. The van der Waals surface area contributed by atoms with Gasteiger partial charge in [-0.2, -0.15) is 0 Å². The lowest BCUT2D eigenvalue weighted by molar-refractivity contribution is -0.385. The van der Waals surface area contributed by atoms with Gasteiger partial charge in [-0.05, 0) is 44.9 Å². The van der Waals surface area contributed by atoms with E-state index in [9.17, 15) is 24.0 Å². The number of carbonyl (C=O) groups excluding carboxylic acids is 1. The Kier molecular flexibility index (Phi) is 7.62. The van der Waals surface area contributed by atoms with E-state index in [4.69, 9.17) is 4.74 Å². The fraction of sp³-hybridized carbons (Fsp3) is 0.533. The van der Waals surface area contributed by atoms with Crippen LogP contribution in [0.15, 0.2) is 28.3 Å². The summed E-state index contributed by atoms with van der Waals surface area (Å²) >= 11 is 0. The third-order valence-electron chi connectivity index (χ3n) is 2.88. The molecule has 1 atom stereocenters. The average Bonchev–Trinajstić information content (AvgIpc) is 2.52. The van der Waals surface area contributed by atoms with Crippen molar-refractivity contribution in [3.05, 3.63) is 33.2 Å². The van der Waals surface area contributed by atoms with Crippen molar-refractivity contribution in [1.29, 1.82) is 0 Å². The molecule has 0 bridgehead atoms. The van der Waals surface area contributed by atoms with Crippen molar-refractivity contribution in [2.75, 3.05) is 12.3 Å². The van der Waals surface area contributed by atoms with Gasteiger partial charge in [-0.3, -0.25) is 14.3 Å². The van der Waals surface area contributed by atoms with E-state index in [1.165, 1.54) is 12.1 Å². The van der Waals surface area contributed by atoms with Gasteiger partial charge in [0.15, 0.2) is 0 Å². The molecule has 1 N–H and O–H groups in total. The van der Waals surface area contributed by atoms with Crippen molar-refractivity contribution in [2.24, 2.45) is 5.18 Å². The van der Waals surface area contributed by atoms with Crippen LogP contribution in [0, 0.1) is 15.0 Å². The van der Waals surface area contributed by atoms with E-state index >= 15 is 0 Å². The maximum absolute atomic E-state index is 12.2. The Morgan fingerprint density at radius 2 is 2.00 bits per heavy atom. The van der Waals surface area contributed by atoms with Crippen LogP contribution in [0.1, 0.15) is 33.6 Å². The first-order chi connectivity index (χ1) is 11.6. The second-order valence-corrected chi connectivity index (χ2v) is 7.79. The van der Waals surface area contributed by atoms with E-state index in [0.717, 1.165) is 6.07 Å². The summed E-state index contributed by atoms with van der Waals surface area (Å²) in [5.74, 6) is 0.245. The molecule has 1 unspecified atom stereocenters. The number of carbonyl (C=O) groups is 1. The minimum atomic E-state index is -1.50. The lowest BCUT2D eigenvalue weighted by atomic mass is 10.2. The van der Waals surface area contributed by atoms with Crippen molar-refractivity contribution >= 4 is 28.3 Å². The quantitative estimate of drug-likeness (QED) is 0.323. The number of non-ortho nitro benzene ring substituents is 1. The zero-order chi connectivity index (χ0) is 19.0. The molecule has 0 heterocycles. The van der Waals surface area contributed by atoms with Gasteiger partial charge < -0.3 is 10.1 Å². The van der Waals surface area contributed by atoms with Gasteiger partial charge in [0, 0.05) is 29.3 Å². The molecule has 0 aliphatic heterocycles. The van der Waals surface area contributed by atoms with Gasteiger partial charge in [-0.1, -0.05) is 0 Å². The van der Waals surface area contributed by atoms with Crippen molar-refractivity contribution in [2.45, 2.75) is 44.1 Å². The number of nitrogens with zero attached hydrogens (tertiary/aromatic N) is 2. The molecule has 10 heteroatoms. The standard InChI is InChI=1S/C15H21N3O6S/c1-15(2,3)24-14(19)16-6-4-5-7-25(23)13-9-11(17-20)8-12(10-13)18(21)22/h8-10H,4-7H2,1-3H3,(H,16,19). The van der Waals surface area contributed by atoms with E-state index in [0.29, 0.717) is 19.4 Å². The summed E-state index contributed by atoms with van der Waals surface area (Å²) in [5, 5.41) is 16.1. The second-order valence-electron chi connectivity index (χ2n) is 6.22. The molecule has 138 valence electrons. The number of nitro groups is 1. The SMILES string of the molecule is CC(C)(C)OC(=O)NCCCCS(=O)c1cc(N=O)cc([N+](=O)[O-])c1. The maximum Gasteiger partial charge on any atom is 0.407 e. The second kappa shape index (κ2) is 9.21. The van der Waals surface area contributed by atoms with Gasteiger partial charge in [0.25, 0.3) is 5.69 Å². The molecule has 1 aromatic rings. The van der Waals surface area contributed by atoms with E-state index in [1.54, 1.807) is 20.8 Å². The topological polar surface area (TPSA) is 128 Å². The summed E-state index contributed by atoms with van der Waals surface area (Å²) in [4.78, 5) is 32.4. The first-order valence-electron chi connectivity index (χ1n) is 7.60. The normalized spacial score (nSPS) is 12.3. The highest BCUT2D eigenvalue weighted by molar-refractivity contribution is 7.85. The maximum atomic E-state index is 12.2. The van der Waals surface area contributed by atoms with Gasteiger partial charge in [0.1, 0.15) is 11.3 Å². The highest BCUT2D eigenvalue weighted by atomic mass is 32.2. The van der Waals surface area contributed by atoms with Crippen molar-refractivity contribution in [3.63, 3.8) is 0 Å². The number of rotatable bonds is 8. The molecule has 0 aromatic heterocycles. The number of hydrogen-bond acceptors (Lipinski definition) is 7. The number of unbranched alkanes of at least 4 members (excludes halogenated alkanes) is 1. The number of amides is 1. The van der Waals surface area contributed by atoms with Gasteiger partial charge in [-0.15, -0.1) is 4.91 Å². The monoisotopic (exact) mass is 371 g/mol. The predicted octanol–water partition coefficient (Wildman–Crippen LogP) is 3.41. The first kappa shape index (κ1) is 20.7. The van der Waals surface area contributed by atoms with Crippen molar-refractivity contribution in [3.8, 4) is 0 Å². The molecule has 0 saturated heterocycles. The minimum Gasteiger partial charge on any atom is -0.444 e. The summed E-state index contributed by atoms with van der Waals surface area (Å²) in [7, 11) is -1.50. The molecule has 0 fully saturated rings. The molecule has 0 spiro atoms. The summed E-state index contributed by atoms with van der Waals surface area (Å²) in [5.41, 5.74) is -1.03. The largest absolute Gasteiger partial charge is 0.444 e. The molecule has 1 amide bonds. The highest BCUT2D eigenvalue weighted by Gasteiger charge is 2.16. The van der Waals surface area contributed by atoms with Gasteiger partial charge in [0.2, 0.25) is 0 Å². The number of alkyl carbamates (subject to hydrolysis) is 1. The Labute approximate surface area is 147 Å². The van der Waals surface area contributed by atoms with E-state index in [-0.39, 0.29) is 22.0 Å². The fourth-order valence-corrected chi connectivity index (χ4v) is 3.04. The molecule has 1 aromatic carbocycles. The molecular weight excluding hydrogens is 350 g/mol. The fourth-order valence-electron chi connectivity index (χ4n) is 1.84. The van der Waals surface area contributed by atoms with E-state index in [1.807, 2.05) is 0 Å². The lowest BCUT2D eigenvalue weighted by Gasteiger charge is -2.19. The number of nitrogens with one attached hydrogen (secondary N) is 1. The van der Waals surface area contributed by atoms with Gasteiger partial charge in [0.05, 0.1) is 15.7 Å². The Balaban J connectivity index is 2.47. The van der Waals surface area contributed by atoms with Crippen molar-refractivity contribution < 1.29 is 18.7 Å². The zero-order valence-corrected chi connectivity index (χ0v) is 15.1. The first-order valence-corrected chi connectivity index (χ1v) is 8.92. The molecule has 0 aliphatic rings. The van der Waals surface area contributed by atoms with E-state index < -0.39 is 27.4 Å². The van der Waals surface area contributed by atoms with Crippen LogP contribution in [0.5, 0.6) is 0 Å². The van der Waals surface area contributed by atoms with Crippen LogP contribution >= 0.6 is 0 Å². The lowest BCUT2D eigenvalue weighted by Crippen LogP contribution is -2.33. The smallest absolute Gasteiger partial charge is 0.407 e. The van der Waals surface area contributed by atoms with Gasteiger partial charge >= 0.3 is 6.09 Å². The average molecular weight is 371 g/mol. The van der Waals surface area contributed by atoms with Crippen LogP contribution in [0.25, 0.3) is 0 Å². The predicted molar refractivity (Wildman–Crippen MR) is 93.3 cm³/mol. The third-order valence-corrected chi connectivity index (χ3v) is 4.30. The van der Waals surface area contributed by atoms with Crippen LogP contribution in [0.3, 0.4) is 0 Å². The Hall–Kier alpha value is -2.36. The van der Waals surface area contributed by atoms with Crippen LogP contribution in [0.4, 0.5) is 16.2 Å². The van der Waals surface area contributed by atoms with Crippen LogP contribution in [-0.4, -0.2) is 33.1 Å². The van der Waals surface area contributed by atoms with Crippen LogP contribution < -0.4 is 5.32 Å². The van der Waals surface area contributed by atoms with Crippen LogP contribution in [0.2, 0.25) is 0 Å². The number of nitro benzene ring substituents is 1. The third kappa shape index (κ3) is 7.84. The molecular formula is C15H21N3O6S. The summed E-state index contributed by atoms with van der Waals surface area (Å²) in [6.45, 7) is 5.65. The van der Waals surface area contributed by atoms with E-state index in [2.05, 4.69) is 10.5 Å². The number of hydrogen-bond donors (Lipinski definition) is 1. The van der Waals surface area contributed by atoms with Crippen LogP contribution in [-0.2, 0) is 15.5 Å². The number of benzene rings is 1. The summed E-state index contributed by atoms with van der Waals surface area (Å²) < 4.78 is 17.3. The minimum absolute atomic E-state index is 0.135. The molecule has 0 radical (unpaired) electrons. The molecule has 0 saturated carbocycles. The molecule has 1 rings (SSSR count). The zero-order valence-electron chi connectivity index (χ0n) is 14.3. The summed E-state index contributed by atoms with van der Waals surface area (Å²) in [6, 6.07) is 3.47. The Bertz CT molecular complexity index is 672.